The maximum atomic E-state index is 12.1. The first kappa shape index (κ1) is 18.2. The molecule has 0 saturated heterocycles. The Labute approximate surface area is 136 Å². The maximum Gasteiger partial charge on any atom is 0.253 e. The lowest BCUT2D eigenvalue weighted by Crippen LogP contribution is -2.44. The number of unbranched alkanes of at least 4 members (excludes halogenated alkanes) is 4. The van der Waals surface area contributed by atoms with Crippen LogP contribution in [-0.2, 0) is 4.79 Å². The standard InChI is InChI=1S/C17H23ClN2O2/c1-2-3-4-5-6-7-12-15(16(19)21)20-17(22)13-10-8-9-11-14(13)18/h2,8-11,15H,1,3-7,12H2,(H2,19,21)(H,20,22)/t15-/m1/s1. The monoisotopic (exact) mass is 322 g/mol. The fourth-order valence-corrected chi connectivity index (χ4v) is 2.38. The quantitative estimate of drug-likeness (QED) is 0.511. The van der Waals surface area contributed by atoms with Crippen molar-refractivity contribution in [3.8, 4) is 0 Å². The van der Waals surface area contributed by atoms with Gasteiger partial charge in [0, 0.05) is 0 Å². The molecular formula is C17H23ClN2O2. The van der Waals surface area contributed by atoms with Crippen molar-refractivity contribution in [1.82, 2.24) is 5.32 Å². The SMILES string of the molecule is C=CCCCCCC[C@@H](NC(=O)c1ccccc1Cl)C(N)=O. The molecule has 0 fully saturated rings. The second-order valence-electron chi connectivity index (χ2n) is 5.19. The van der Waals surface area contributed by atoms with Crippen molar-refractivity contribution in [2.75, 3.05) is 0 Å². The van der Waals surface area contributed by atoms with Gasteiger partial charge in [-0.3, -0.25) is 9.59 Å². The van der Waals surface area contributed by atoms with Gasteiger partial charge in [-0.25, -0.2) is 0 Å². The van der Waals surface area contributed by atoms with Crippen LogP contribution in [0.3, 0.4) is 0 Å². The number of hydrogen-bond acceptors (Lipinski definition) is 2. The second-order valence-corrected chi connectivity index (χ2v) is 5.60. The Kier molecular flexibility index (Phi) is 8.30. The normalized spacial score (nSPS) is 11.7. The molecule has 1 aromatic carbocycles. The average Bonchev–Trinajstić information content (AvgIpc) is 2.49. The van der Waals surface area contributed by atoms with Crippen LogP contribution in [0, 0.1) is 0 Å². The highest BCUT2D eigenvalue weighted by Crippen LogP contribution is 2.15. The number of primary amides is 1. The summed E-state index contributed by atoms with van der Waals surface area (Å²) < 4.78 is 0. The summed E-state index contributed by atoms with van der Waals surface area (Å²) in [6.07, 6.45) is 7.46. The number of nitrogens with one attached hydrogen (secondary N) is 1. The second kappa shape index (κ2) is 10.0. The van der Waals surface area contributed by atoms with Gasteiger partial charge in [0.05, 0.1) is 10.6 Å². The van der Waals surface area contributed by atoms with E-state index in [1.165, 1.54) is 0 Å². The van der Waals surface area contributed by atoms with Crippen molar-refractivity contribution in [2.24, 2.45) is 5.73 Å². The summed E-state index contributed by atoms with van der Waals surface area (Å²) in [5.41, 5.74) is 5.71. The predicted octanol–water partition coefficient (Wildman–Crippen LogP) is 3.45. The molecular weight excluding hydrogens is 300 g/mol. The molecule has 22 heavy (non-hydrogen) atoms. The highest BCUT2D eigenvalue weighted by Gasteiger charge is 2.19. The molecule has 0 unspecified atom stereocenters. The molecule has 0 aromatic heterocycles. The Balaban J connectivity index is 2.47. The van der Waals surface area contributed by atoms with Gasteiger partial charge in [-0.15, -0.1) is 6.58 Å². The zero-order chi connectivity index (χ0) is 16.4. The third-order valence-corrected chi connectivity index (χ3v) is 3.75. The molecule has 0 aliphatic heterocycles. The van der Waals surface area contributed by atoms with Crippen LogP contribution < -0.4 is 11.1 Å². The molecule has 5 heteroatoms. The van der Waals surface area contributed by atoms with Gasteiger partial charge in [0.1, 0.15) is 6.04 Å². The minimum atomic E-state index is -0.664. The Morgan fingerprint density at radius 3 is 2.55 bits per heavy atom. The van der Waals surface area contributed by atoms with E-state index in [2.05, 4.69) is 11.9 Å². The van der Waals surface area contributed by atoms with E-state index in [4.69, 9.17) is 17.3 Å². The van der Waals surface area contributed by atoms with Gasteiger partial charge in [-0.1, -0.05) is 49.1 Å². The summed E-state index contributed by atoms with van der Waals surface area (Å²) in [4.78, 5) is 23.6. The molecule has 0 spiro atoms. The van der Waals surface area contributed by atoms with Gasteiger partial charge < -0.3 is 11.1 Å². The molecule has 0 heterocycles. The summed E-state index contributed by atoms with van der Waals surface area (Å²) in [6.45, 7) is 3.68. The van der Waals surface area contributed by atoms with E-state index >= 15 is 0 Å². The molecule has 0 bridgehead atoms. The van der Waals surface area contributed by atoms with Crippen molar-refractivity contribution in [3.05, 3.63) is 47.5 Å². The van der Waals surface area contributed by atoms with Crippen molar-refractivity contribution >= 4 is 23.4 Å². The molecule has 0 aliphatic carbocycles. The molecule has 1 aromatic rings. The number of nitrogens with two attached hydrogens (primary N) is 1. The molecule has 2 amide bonds. The van der Waals surface area contributed by atoms with Gasteiger partial charge in [-0.05, 0) is 31.4 Å². The molecule has 0 saturated carbocycles. The van der Waals surface area contributed by atoms with Crippen LogP contribution >= 0.6 is 11.6 Å². The zero-order valence-corrected chi connectivity index (χ0v) is 13.4. The van der Waals surface area contributed by atoms with Crippen molar-refractivity contribution in [3.63, 3.8) is 0 Å². The molecule has 0 aliphatic rings. The molecule has 1 rings (SSSR count). The Bertz CT molecular complexity index is 517. The first-order chi connectivity index (χ1) is 10.6. The average molecular weight is 323 g/mol. The van der Waals surface area contributed by atoms with Gasteiger partial charge in [-0.2, -0.15) is 0 Å². The highest BCUT2D eigenvalue weighted by molar-refractivity contribution is 6.33. The zero-order valence-electron chi connectivity index (χ0n) is 12.7. The Morgan fingerprint density at radius 1 is 1.23 bits per heavy atom. The smallest absolute Gasteiger partial charge is 0.253 e. The van der Waals surface area contributed by atoms with Gasteiger partial charge >= 0.3 is 0 Å². The molecule has 1 atom stereocenters. The van der Waals surface area contributed by atoms with Crippen LogP contribution in [0.2, 0.25) is 5.02 Å². The topological polar surface area (TPSA) is 72.2 Å². The third-order valence-electron chi connectivity index (χ3n) is 3.42. The lowest BCUT2D eigenvalue weighted by Gasteiger charge is -2.16. The van der Waals surface area contributed by atoms with E-state index in [-0.39, 0.29) is 5.91 Å². The highest BCUT2D eigenvalue weighted by atomic mass is 35.5. The summed E-state index contributed by atoms with van der Waals surface area (Å²) in [7, 11) is 0. The number of amides is 2. The van der Waals surface area contributed by atoms with Crippen LogP contribution in [0.4, 0.5) is 0 Å². The number of allylic oxidation sites excluding steroid dienone is 1. The van der Waals surface area contributed by atoms with E-state index in [0.717, 1.165) is 32.1 Å². The molecule has 4 nitrogen and oxygen atoms in total. The Morgan fingerprint density at radius 2 is 1.91 bits per heavy atom. The van der Waals surface area contributed by atoms with Crippen LogP contribution in [0.15, 0.2) is 36.9 Å². The third kappa shape index (κ3) is 6.31. The number of carbonyl (C=O) groups is 2. The van der Waals surface area contributed by atoms with Crippen LogP contribution in [0.25, 0.3) is 0 Å². The number of hydrogen-bond donors (Lipinski definition) is 2. The summed E-state index contributed by atoms with van der Waals surface area (Å²) in [5, 5.41) is 3.02. The fourth-order valence-electron chi connectivity index (χ4n) is 2.16. The van der Waals surface area contributed by atoms with Gasteiger partial charge in [0.25, 0.3) is 5.91 Å². The van der Waals surface area contributed by atoms with E-state index in [1.54, 1.807) is 24.3 Å². The van der Waals surface area contributed by atoms with E-state index in [0.29, 0.717) is 17.0 Å². The molecule has 0 radical (unpaired) electrons. The van der Waals surface area contributed by atoms with E-state index in [1.807, 2.05) is 6.08 Å². The van der Waals surface area contributed by atoms with Crippen LogP contribution in [0.1, 0.15) is 48.9 Å². The minimum Gasteiger partial charge on any atom is -0.368 e. The summed E-state index contributed by atoms with van der Waals surface area (Å²) >= 11 is 5.97. The Hall–Kier alpha value is -1.81. The van der Waals surface area contributed by atoms with Crippen LogP contribution in [-0.4, -0.2) is 17.9 Å². The number of carbonyl (C=O) groups excluding carboxylic acids is 2. The maximum absolute atomic E-state index is 12.1. The van der Waals surface area contributed by atoms with Crippen molar-refractivity contribution < 1.29 is 9.59 Å². The van der Waals surface area contributed by atoms with Gasteiger partial charge in [0.15, 0.2) is 0 Å². The lowest BCUT2D eigenvalue weighted by atomic mass is 10.1. The fraction of sp³-hybridized carbons (Fsp3) is 0.412. The van der Waals surface area contributed by atoms with Gasteiger partial charge in [0.2, 0.25) is 5.91 Å². The first-order valence-corrected chi connectivity index (χ1v) is 7.89. The number of rotatable bonds is 10. The predicted molar refractivity (Wildman–Crippen MR) is 89.8 cm³/mol. The summed E-state index contributed by atoms with van der Waals surface area (Å²) in [5.74, 6) is -0.896. The number of halogens is 1. The largest absolute Gasteiger partial charge is 0.368 e. The molecule has 120 valence electrons. The van der Waals surface area contributed by atoms with Crippen molar-refractivity contribution in [1.29, 1.82) is 0 Å². The first-order valence-electron chi connectivity index (χ1n) is 7.52. The number of benzene rings is 1. The van der Waals surface area contributed by atoms with E-state index in [9.17, 15) is 9.59 Å². The summed E-state index contributed by atoms with van der Waals surface area (Å²) in [6, 6.07) is 6.05. The minimum absolute atomic E-state index is 0.349. The van der Waals surface area contributed by atoms with E-state index < -0.39 is 11.9 Å². The molecule has 3 N–H and O–H groups in total. The van der Waals surface area contributed by atoms with Crippen LogP contribution in [0.5, 0.6) is 0 Å². The lowest BCUT2D eigenvalue weighted by molar-refractivity contribution is -0.120. The van der Waals surface area contributed by atoms with Crippen molar-refractivity contribution in [2.45, 2.75) is 44.6 Å².